The molecule has 184 valence electrons. The molecule has 0 atom stereocenters. The smallest absolute Gasteiger partial charge is 0.318 e. The molecule has 0 radical (unpaired) electrons. The molecule has 1 aromatic heterocycles. The summed E-state index contributed by atoms with van der Waals surface area (Å²) in [6, 6.07) is 9.79. The summed E-state index contributed by atoms with van der Waals surface area (Å²) in [4.78, 5) is 31.1. The molecule has 3 amide bonds. The Balaban J connectivity index is 1.58. The van der Waals surface area contributed by atoms with Gasteiger partial charge in [-0.1, -0.05) is 13.3 Å². The largest absolute Gasteiger partial charge is 0.353 e. The molecule has 0 saturated carbocycles. The van der Waals surface area contributed by atoms with Crippen molar-refractivity contribution in [1.82, 2.24) is 25.3 Å². The van der Waals surface area contributed by atoms with Crippen LogP contribution in [0.25, 0.3) is 11.3 Å². The van der Waals surface area contributed by atoms with Crippen molar-refractivity contribution < 1.29 is 14.0 Å². The first-order valence-corrected chi connectivity index (χ1v) is 12.0. The highest BCUT2D eigenvalue weighted by molar-refractivity contribution is 5.84. The van der Waals surface area contributed by atoms with Crippen LogP contribution in [0.5, 0.6) is 0 Å². The summed E-state index contributed by atoms with van der Waals surface area (Å²) in [5.74, 6) is 0.432. The fraction of sp³-hybridized carbons (Fsp3) is 0.520. The fourth-order valence-electron chi connectivity index (χ4n) is 3.87. The Morgan fingerprint density at radius 2 is 1.82 bits per heavy atom. The highest BCUT2D eigenvalue weighted by Gasteiger charge is 2.24. The minimum absolute atomic E-state index is 0.0222. The van der Waals surface area contributed by atoms with Gasteiger partial charge in [0.2, 0.25) is 5.91 Å². The number of nitrogens with one attached hydrogen (secondary N) is 1. The number of urea groups is 1. The van der Waals surface area contributed by atoms with Gasteiger partial charge in [0.1, 0.15) is 12.4 Å². The molecule has 1 saturated heterocycles. The molecular weight excluding hydrogens is 435 g/mol. The van der Waals surface area contributed by atoms with E-state index in [-0.39, 0.29) is 30.3 Å². The van der Waals surface area contributed by atoms with Crippen molar-refractivity contribution in [2.45, 2.75) is 46.1 Å². The number of hydrogen-bond donors (Lipinski definition) is 1. The van der Waals surface area contributed by atoms with Gasteiger partial charge in [-0.3, -0.25) is 4.79 Å². The molecule has 0 spiro atoms. The normalized spacial score (nSPS) is 14.1. The predicted molar refractivity (Wildman–Crippen MR) is 131 cm³/mol. The highest BCUT2D eigenvalue weighted by Crippen LogP contribution is 2.20. The zero-order valence-electron chi connectivity index (χ0n) is 20.3. The van der Waals surface area contributed by atoms with Crippen LogP contribution >= 0.6 is 0 Å². The second-order valence-corrected chi connectivity index (χ2v) is 8.88. The summed E-state index contributed by atoms with van der Waals surface area (Å²) in [6.07, 6.45) is 2.62. The summed E-state index contributed by atoms with van der Waals surface area (Å²) in [6.45, 7) is 9.16. The lowest BCUT2D eigenvalue weighted by molar-refractivity contribution is -0.131. The lowest BCUT2D eigenvalue weighted by atomic mass is 10.1. The Hall–Kier alpha value is -3.23. The van der Waals surface area contributed by atoms with E-state index in [1.807, 2.05) is 30.9 Å². The fourth-order valence-corrected chi connectivity index (χ4v) is 3.87. The molecule has 0 unspecified atom stereocenters. The molecule has 1 aliphatic heterocycles. The van der Waals surface area contributed by atoms with Gasteiger partial charge in [-0.15, -0.1) is 10.2 Å². The number of anilines is 1. The third-order valence-electron chi connectivity index (χ3n) is 5.77. The van der Waals surface area contributed by atoms with Gasteiger partial charge in [-0.2, -0.15) is 0 Å². The third-order valence-corrected chi connectivity index (χ3v) is 5.77. The number of unbranched alkanes of at least 4 members (excludes halogenated alkanes) is 1. The Morgan fingerprint density at radius 3 is 2.47 bits per heavy atom. The predicted octanol–water partition coefficient (Wildman–Crippen LogP) is 3.54. The van der Waals surface area contributed by atoms with Crippen LogP contribution in [0.15, 0.2) is 36.4 Å². The van der Waals surface area contributed by atoms with Crippen molar-refractivity contribution >= 4 is 17.8 Å². The van der Waals surface area contributed by atoms with Crippen LogP contribution in [0.1, 0.15) is 40.0 Å². The van der Waals surface area contributed by atoms with Crippen LogP contribution in [0.2, 0.25) is 0 Å². The van der Waals surface area contributed by atoms with Gasteiger partial charge in [0, 0.05) is 44.3 Å². The number of benzene rings is 1. The molecular formula is C25H35FN6O2. The molecule has 3 rings (SSSR count). The molecule has 8 nitrogen and oxygen atoms in total. The van der Waals surface area contributed by atoms with E-state index in [0.29, 0.717) is 31.9 Å². The average Bonchev–Trinajstić information content (AvgIpc) is 3.08. The maximum Gasteiger partial charge on any atom is 0.318 e. The van der Waals surface area contributed by atoms with E-state index >= 15 is 0 Å². The van der Waals surface area contributed by atoms with Crippen molar-refractivity contribution in [3.8, 4) is 11.3 Å². The van der Waals surface area contributed by atoms with E-state index in [0.717, 1.165) is 37.2 Å². The number of aromatic nitrogens is 2. The number of hydrogen-bond acceptors (Lipinski definition) is 5. The topological polar surface area (TPSA) is 81.7 Å². The molecule has 0 bridgehead atoms. The van der Waals surface area contributed by atoms with E-state index < -0.39 is 0 Å². The van der Waals surface area contributed by atoms with E-state index in [1.165, 1.54) is 12.1 Å². The summed E-state index contributed by atoms with van der Waals surface area (Å²) in [5, 5.41) is 11.6. The van der Waals surface area contributed by atoms with Crippen molar-refractivity contribution in [2.24, 2.45) is 0 Å². The SMILES string of the molecule is CCCCN(CC(=O)N1CCCN(c2ccc(-c3ccc(F)cc3)nn2)CC1)C(=O)NC(C)C. The minimum Gasteiger partial charge on any atom is -0.353 e. The standard InChI is InChI=1S/C25H35FN6O2/c1-4-5-13-32(25(34)27-19(2)3)18-24(33)31-15-6-14-30(16-17-31)23-12-11-22(28-29-23)20-7-9-21(26)10-8-20/h7-12,19H,4-6,13-18H2,1-3H3,(H,27,34). The van der Waals surface area contributed by atoms with E-state index in [2.05, 4.69) is 27.3 Å². The zero-order chi connectivity index (χ0) is 24.5. The van der Waals surface area contributed by atoms with E-state index in [4.69, 9.17) is 0 Å². The van der Waals surface area contributed by atoms with Crippen molar-refractivity contribution in [2.75, 3.05) is 44.2 Å². The number of carbonyl (C=O) groups excluding carboxylic acids is 2. The lowest BCUT2D eigenvalue weighted by Gasteiger charge is -2.28. The molecule has 2 heterocycles. The minimum atomic E-state index is -0.286. The number of carbonyl (C=O) groups is 2. The second-order valence-electron chi connectivity index (χ2n) is 8.88. The molecule has 34 heavy (non-hydrogen) atoms. The van der Waals surface area contributed by atoms with Gasteiger partial charge in [-0.05, 0) is 63.1 Å². The summed E-state index contributed by atoms with van der Waals surface area (Å²) in [7, 11) is 0. The Kier molecular flexibility index (Phi) is 9.18. The third kappa shape index (κ3) is 7.13. The van der Waals surface area contributed by atoms with E-state index in [9.17, 15) is 14.0 Å². The van der Waals surface area contributed by atoms with Gasteiger partial charge in [-0.25, -0.2) is 9.18 Å². The van der Waals surface area contributed by atoms with Crippen LogP contribution < -0.4 is 10.2 Å². The summed E-state index contributed by atoms with van der Waals surface area (Å²) >= 11 is 0. The zero-order valence-corrected chi connectivity index (χ0v) is 20.3. The highest BCUT2D eigenvalue weighted by atomic mass is 19.1. The second kappa shape index (κ2) is 12.3. The molecule has 2 aromatic rings. The van der Waals surface area contributed by atoms with Crippen LogP contribution in [0.3, 0.4) is 0 Å². The molecule has 1 aliphatic rings. The van der Waals surface area contributed by atoms with Crippen LogP contribution in [0.4, 0.5) is 15.0 Å². The van der Waals surface area contributed by atoms with Crippen LogP contribution in [-0.2, 0) is 4.79 Å². The van der Waals surface area contributed by atoms with Crippen LogP contribution in [-0.4, -0.2) is 77.2 Å². The Bertz CT molecular complexity index is 935. The molecule has 1 aromatic carbocycles. The van der Waals surface area contributed by atoms with Gasteiger partial charge in [0.15, 0.2) is 5.82 Å². The van der Waals surface area contributed by atoms with Crippen molar-refractivity contribution in [3.05, 3.63) is 42.2 Å². The quantitative estimate of drug-likeness (QED) is 0.638. The first kappa shape index (κ1) is 25.4. The number of nitrogens with zero attached hydrogens (tertiary/aromatic N) is 5. The maximum absolute atomic E-state index is 13.2. The summed E-state index contributed by atoms with van der Waals surface area (Å²) < 4.78 is 13.2. The molecule has 0 aliphatic carbocycles. The van der Waals surface area contributed by atoms with Gasteiger partial charge in [0.25, 0.3) is 0 Å². The van der Waals surface area contributed by atoms with Crippen molar-refractivity contribution in [3.63, 3.8) is 0 Å². The number of amides is 3. The van der Waals surface area contributed by atoms with Crippen LogP contribution in [0, 0.1) is 5.82 Å². The Labute approximate surface area is 201 Å². The van der Waals surface area contributed by atoms with E-state index in [1.54, 1.807) is 17.0 Å². The van der Waals surface area contributed by atoms with Gasteiger partial charge < -0.3 is 20.0 Å². The first-order valence-electron chi connectivity index (χ1n) is 12.0. The molecule has 1 N–H and O–H groups in total. The lowest BCUT2D eigenvalue weighted by Crippen LogP contribution is -2.49. The van der Waals surface area contributed by atoms with Gasteiger partial charge in [0.05, 0.1) is 5.69 Å². The molecule has 1 fully saturated rings. The maximum atomic E-state index is 13.2. The average molecular weight is 471 g/mol. The Morgan fingerprint density at radius 1 is 1.06 bits per heavy atom. The monoisotopic (exact) mass is 470 g/mol. The summed E-state index contributed by atoms with van der Waals surface area (Å²) in [5.41, 5.74) is 1.49. The molecule has 9 heteroatoms. The van der Waals surface area contributed by atoms with Gasteiger partial charge >= 0.3 is 6.03 Å². The van der Waals surface area contributed by atoms with Crippen molar-refractivity contribution in [1.29, 1.82) is 0 Å². The first-order chi connectivity index (χ1) is 16.4. The number of halogens is 1. The number of rotatable bonds is 8.